The van der Waals surface area contributed by atoms with Gasteiger partial charge >= 0.3 is 0 Å². The fourth-order valence-electron chi connectivity index (χ4n) is 3.15. The molecule has 2 heterocycles. The molecular weight excluding hydrogens is 332 g/mol. The van der Waals surface area contributed by atoms with Crippen LogP contribution in [0.2, 0.25) is 0 Å². The second kappa shape index (κ2) is 7.37. The summed E-state index contributed by atoms with van der Waals surface area (Å²) in [4.78, 5) is 10.5. The topological polar surface area (TPSA) is 53.2 Å². The predicted octanol–water partition coefficient (Wildman–Crippen LogP) is 3.27. The maximum absolute atomic E-state index is 5.28. The molecular formula is C19H22N4OS. The Bertz CT molecular complexity index is 858. The molecule has 1 aromatic heterocycles. The quantitative estimate of drug-likeness (QED) is 0.689. The summed E-state index contributed by atoms with van der Waals surface area (Å²) in [6.07, 6.45) is 0. The van der Waals surface area contributed by atoms with E-state index < -0.39 is 0 Å². The van der Waals surface area contributed by atoms with Gasteiger partial charge < -0.3 is 19.9 Å². The molecule has 1 aliphatic rings. The van der Waals surface area contributed by atoms with Crippen LogP contribution in [-0.2, 0) is 5.75 Å². The summed E-state index contributed by atoms with van der Waals surface area (Å²) in [7, 11) is 1.68. The summed E-state index contributed by atoms with van der Waals surface area (Å²) < 4.78 is 5.28. The van der Waals surface area contributed by atoms with Crippen molar-refractivity contribution in [1.29, 1.82) is 0 Å². The number of aromatic amines is 1. The van der Waals surface area contributed by atoms with Crippen molar-refractivity contribution < 1.29 is 4.74 Å². The average molecular weight is 354 g/mol. The Balaban J connectivity index is 1.51. The van der Waals surface area contributed by atoms with Crippen LogP contribution < -0.4 is 15.0 Å². The first-order valence-corrected chi connectivity index (χ1v) is 9.52. The molecule has 0 aliphatic carbocycles. The van der Waals surface area contributed by atoms with Gasteiger partial charge in [-0.25, -0.2) is 4.98 Å². The SMILES string of the molecule is COc1ccc2nc(SCc3ccccc3N3CCNCC3)[nH]c2c1. The van der Waals surface area contributed by atoms with E-state index in [1.54, 1.807) is 18.9 Å². The summed E-state index contributed by atoms with van der Waals surface area (Å²) in [5.74, 6) is 1.74. The highest BCUT2D eigenvalue weighted by atomic mass is 32.2. The van der Waals surface area contributed by atoms with Crippen molar-refractivity contribution in [2.75, 3.05) is 38.2 Å². The number of benzene rings is 2. The van der Waals surface area contributed by atoms with E-state index in [0.717, 1.165) is 53.9 Å². The van der Waals surface area contributed by atoms with Crippen molar-refractivity contribution in [2.24, 2.45) is 0 Å². The van der Waals surface area contributed by atoms with Gasteiger partial charge in [-0.2, -0.15) is 0 Å². The molecule has 1 fully saturated rings. The highest BCUT2D eigenvalue weighted by molar-refractivity contribution is 7.98. The van der Waals surface area contributed by atoms with Gasteiger partial charge in [0.05, 0.1) is 18.1 Å². The second-order valence-corrected chi connectivity index (χ2v) is 7.04. The van der Waals surface area contributed by atoms with Gasteiger partial charge in [0.15, 0.2) is 5.16 Å². The van der Waals surface area contributed by atoms with Gasteiger partial charge in [-0.05, 0) is 23.8 Å². The van der Waals surface area contributed by atoms with Crippen LogP contribution in [0.25, 0.3) is 11.0 Å². The number of fused-ring (bicyclic) bond motifs is 1. The number of rotatable bonds is 5. The molecule has 6 heteroatoms. The van der Waals surface area contributed by atoms with Gasteiger partial charge in [-0.15, -0.1) is 0 Å². The molecule has 2 N–H and O–H groups in total. The third-order valence-corrected chi connectivity index (χ3v) is 5.40. The Morgan fingerprint density at radius 1 is 1.16 bits per heavy atom. The van der Waals surface area contributed by atoms with E-state index in [0.29, 0.717) is 0 Å². The number of anilines is 1. The number of hydrogen-bond donors (Lipinski definition) is 2. The van der Waals surface area contributed by atoms with Crippen LogP contribution in [-0.4, -0.2) is 43.3 Å². The lowest BCUT2D eigenvalue weighted by Crippen LogP contribution is -2.43. The first-order valence-electron chi connectivity index (χ1n) is 8.53. The number of H-pyrrole nitrogens is 1. The standard InChI is InChI=1S/C19H22N4OS/c1-24-15-6-7-16-17(12-15)22-19(21-16)25-13-14-4-2-3-5-18(14)23-10-8-20-9-11-23/h2-7,12,20H,8-11,13H2,1H3,(H,21,22). The van der Waals surface area contributed by atoms with E-state index in [9.17, 15) is 0 Å². The van der Waals surface area contributed by atoms with Crippen molar-refractivity contribution in [1.82, 2.24) is 15.3 Å². The molecule has 0 saturated carbocycles. The number of ether oxygens (including phenoxy) is 1. The van der Waals surface area contributed by atoms with Crippen LogP contribution in [0.15, 0.2) is 47.6 Å². The third kappa shape index (κ3) is 3.60. The van der Waals surface area contributed by atoms with Crippen LogP contribution in [0.3, 0.4) is 0 Å². The maximum atomic E-state index is 5.28. The van der Waals surface area contributed by atoms with Crippen LogP contribution in [0.1, 0.15) is 5.56 Å². The first-order chi connectivity index (χ1) is 12.3. The van der Waals surface area contributed by atoms with Gasteiger partial charge in [0, 0.05) is 43.7 Å². The van der Waals surface area contributed by atoms with Gasteiger partial charge in [0.1, 0.15) is 5.75 Å². The van der Waals surface area contributed by atoms with Crippen LogP contribution in [0.4, 0.5) is 5.69 Å². The second-order valence-electron chi connectivity index (χ2n) is 6.08. The molecule has 5 nitrogen and oxygen atoms in total. The Morgan fingerprint density at radius 3 is 2.84 bits per heavy atom. The lowest BCUT2D eigenvalue weighted by atomic mass is 10.1. The van der Waals surface area contributed by atoms with Crippen LogP contribution >= 0.6 is 11.8 Å². The predicted molar refractivity (Wildman–Crippen MR) is 104 cm³/mol. The summed E-state index contributed by atoms with van der Waals surface area (Å²) in [5, 5.41) is 4.36. The fourth-order valence-corrected chi connectivity index (χ4v) is 4.04. The number of methoxy groups -OCH3 is 1. The van der Waals surface area contributed by atoms with E-state index in [1.165, 1.54) is 11.3 Å². The molecule has 1 saturated heterocycles. The fraction of sp³-hybridized carbons (Fsp3) is 0.316. The minimum Gasteiger partial charge on any atom is -0.497 e. The summed E-state index contributed by atoms with van der Waals surface area (Å²) >= 11 is 1.74. The number of hydrogen-bond acceptors (Lipinski definition) is 5. The van der Waals surface area contributed by atoms with Gasteiger partial charge in [-0.1, -0.05) is 30.0 Å². The number of thioether (sulfide) groups is 1. The first kappa shape index (κ1) is 16.3. The minimum atomic E-state index is 0.844. The molecule has 25 heavy (non-hydrogen) atoms. The van der Waals surface area contributed by atoms with E-state index in [-0.39, 0.29) is 0 Å². The van der Waals surface area contributed by atoms with Crippen LogP contribution in [0.5, 0.6) is 5.75 Å². The molecule has 3 aromatic rings. The lowest BCUT2D eigenvalue weighted by Gasteiger charge is -2.31. The summed E-state index contributed by atoms with van der Waals surface area (Å²) in [6.45, 7) is 4.22. The van der Waals surface area contributed by atoms with Crippen molar-refractivity contribution in [2.45, 2.75) is 10.9 Å². The number of nitrogens with zero attached hydrogens (tertiary/aromatic N) is 2. The molecule has 0 amide bonds. The zero-order valence-electron chi connectivity index (χ0n) is 14.3. The largest absolute Gasteiger partial charge is 0.497 e. The molecule has 4 rings (SSSR count). The normalized spacial score (nSPS) is 14.8. The number of nitrogens with one attached hydrogen (secondary N) is 2. The number of imidazole rings is 1. The molecule has 2 aromatic carbocycles. The van der Waals surface area contributed by atoms with E-state index >= 15 is 0 Å². The maximum Gasteiger partial charge on any atom is 0.166 e. The van der Waals surface area contributed by atoms with Crippen molar-refractivity contribution in [3.63, 3.8) is 0 Å². The number of para-hydroxylation sites is 1. The monoisotopic (exact) mass is 354 g/mol. The Morgan fingerprint density at radius 2 is 2.00 bits per heavy atom. The lowest BCUT2D eigenvalue weighted by molar-refractivity contribution is 0.415. The Labute approximate surface area is 151 Å². The molecule has 0 bridgehead atoms. The van der Waals surface area contributed by atoms with Crippen LogP contribution in [0, 0.1) is 0 Å². The van der Waals surface area contributed by atoms with E-state index in [1.807, 2.05) is 18.2 Å². The average Bonchev–Trinajstić information content (AvgIpc) is 3.09. The molecule has 0 atom stereocenters. The van der Waals surface area contributed by atoms with Crippen molar-refractivity contribution >= 4 is 28.5 Å². The highest BCUT2D eigenvalue weighted by Gasteiger charge is 2.14. The summed E-state index contributed by atoms with van der Waals surface area (Å²) in [6, 6.07) is 14.6. The third-order valence-electron chi connectivity index (χ3n) is 4.48. The van der Waals surface area contributed by atoms with Gasteiger partial charge in [0.2, 0.25) is 0 Å². The van der Waals surface area contributed by atoms with Gasteiger partial charge in [-0.3, -0.25) is 0 Å². The molecule has 0 radical (unpaired) electrons. The number of aromatic nitrogens is 2. The Hall–Kier alpha value is -2.18. The van der Waals surface area contributed by atoms with E-state index in [4.69, 9.17) is 4.74 Å². The molecule has 130 valence electrons. The molecule has 1 aliphatic heterocycles. The Kier molecular flexibility index (Phi) is 4.81. The van der Waals surface area contributed by atoms with Gasteiger partial charge in [0.25, 0.3) is 0 Å². The molecule has 0 unspecified atom stereocenters. The number of piperazine rings is 1. The zero-order chi connectivity index (χ0) is 17.1. The van der Waals surface area contributed by atoms with E-state index in [2.05, 4.69) is 44.5 Å². The smallest absolute Gasteiger partial charge is 0.166 e. The van der Waals surface area contributed by atoms with Crippen molar-refractivity contribution in [3.8, 4) is 5.75 Å². The highest BCUT2D eigenvalue weighted by Crippen LogP contribution is 2.29. The minimum absolute atomic E-state index is 0.844. The molecule has 0 spiro atoms. The summed E-state index contributed by atoms with van der Waals surface area (Å²) in [5.41, 5.74) is 4.68. The zero-order valence-corrected chi connectivity index (χ0v) is 15.1. The van der Waals surface area contributed by atoms with Crippen molar-refractivity contribution in [3.05, 3.63) is 48.0 Å².